The number of carbonyl (C=O) groups is 1. The number of amides is 1. The number of aryl methyl sites for hydroxylation is 1. The second-order valence-corrected chi connectivity index (χ2v) is 6.24. The summed E-state index contributed by atoms with van der Waals surface area (Å²) in [7, 11) is 0. The molecule has 1 aliphatic carbocycles. The van der Waals surface area contributed by atoms with E-state index in [0.717, 1.165) is 18.4 Å². The van der Waals surface area contributed by atoms with Crippen molar-refractivity contribution in [3.63, 3.8) is 0 Å². The lowest BCUT2D eigenvalue weighted by atomic mass is 9.87. The molecule has 4 nitrogen and oxygen atoms in total. The predicted molar refractivity (Wildman–Crippen MR) is 97.5 cm³/mol. The fourth-order valence-corrected chi connectivity index (χ4v) is 3.17. The highest BCUT2D eigenvalue weighted by atomic mass is 16.3. The molecule has 1 fully saturated rings. The lowest BCUT2D eigenvalue weighted by Gasteiger charge is -2.20. The van der Waals surface area contributed by atoms with E-state index in [4.69, 9.17) is 6.42 Å². The maximum atomic E-state index is 12.0. The number of benzene rings is 1. The SMILES string of the molecule is C#C/C=C(/O)c1c(C)cccc1/C=N\NC(=O)CC1CCCCC1. The van der Waals surface area contributed by atoms with Crippen LogP contribution in [0.15, 0.2) is 29.4 Å². The van der Waals surface area contributed by atoms with Gasteiger partial charge in [0.25, 0.3) is 0 Å². The first-order valence-electron chi connectivity index (χ1n) is 8.39. The van der Waals surface area contributed by atoms with Crippen LogP contribution >= 0.6 is 0 Å². The van der Waals surface area contributed by atoms with Crippen LogP contribution in [0.3, 0.4) is 0 Å². The van der Waals surface area contributed by atoms with Crippen molar-refractivity contribution >= 4 is 17.9 Å². The van der Waals surface area contributed by atoms with Crippen molar-refractivity contribution in [2.24, 2.45) is 11.0 Å². The molecule has 0 atom stereocenters. The van der Waals surface area contributed by atoms with Gasteiger partial charge in [0.15, 0.2) is 0 Å². The Balaban J connectivity index is 2.01. The Morgan fingerprint density at radius 3 is 2.88 bits per heavy atom. The van der Waals surface area contributed by atoms with E-state index in [2.05, 4.69) is 16.4 Å². The number of nitrogens with one attached hydrogen (secondary N) is 1. The van der Waals surface area contributed by atoms with Gasteiger partial charge in [0.05, 0.1) is 6.21 Å². The number of terminal acetylenes is 1. The zero-order chi connectivity index (χ0) is 17.4. The Bertz CT molecular complexity index is 677. The fraction of sp³-hybridized carbons (Fsp3) is 0.400. The Hall–Kier alpha value is -2.54. The second-order valence-electron chi connectivity index (χ2n) is 6.24. The van der Waals surface area contributed by atoms with Gasteiger partial charge in [-0.2, -0.15) is 5.10 Å². The molecule has 2 rings (SSSR count). The number of aliphatic hydroxyl groups is 1. The van der Waals surface area contributed by atoms with Gasteiger partial charge in [-0.3, -0.25) is 4.79 Å². The molecule has 0 spiro atoms. The number of aliphatic hydroxyl groups excluding tert-OH is 1. The van der Waals surface area contributed by atoms with E-state index >= 15 is 0 Å². The summed E-state index contributed by atoms with van der Waals surface area (Å²) in [5, 5.41) is 14.1. The molecule has 0 radical (unpaired) electrons. The molecule has 2 N–H and O–H groups in total. The smallest absolute Gasteiger partial charge is 0.240 e. The van der Waals surface area contributed by atoms with E-state index < -0.39 is 0 Å². The third kappa shape index (κ3) is 4.99. The van der Waals surface area contributed by atoms with E-state index in [1.807, 2.05) is 25.1 Å². The van der Waals surface area contributed by atoms with Crippen LogP contribution in [0.2, 0.25) is 0 Å². The summed E-state index contributed by atoms with van der Waals surface area (Å²) < 4.78 is 0. The summed E-state index contributed by atoms with van der Waals surface area (Å²) in [6.07, 6.45) is 14.6. The maximum Gasteiger partial charge on any atom is 0.240 e. The van der Waals surface area contributed by atoms with Crippen LogP contribution in [0.25, 0.3) is 5.76 Å². The van der Waals surface area contributed by atoms with Crippen molar-refractivity contribution in [3.05, 3.63) is 41.0 Å². The monoisotopic (exact) mass is 324 g/mol. The average molecular weight is 324 g/mol. The molecule has 0 unspecified atom stereocenters. The maximum absolute atomic E-state index is 12.0. The first-order valence-corrected chi connectivity index (χ1v) is 8.39. The Morgan fingerprint density at radius 1 is 1.42 bits per heavy atom. The van der Waals surface area contributed by atoms with Crippen LogP contribution in [-0.2, 0) is 4.79 Å². The molecule has 1 aromatic rings. The summed E-state index contributed by atoms with van der Waals surface area (Å²) >= 11 is 0. The zero-order valence-electron chi connectivity index (χ0n) is 14.1. The van der Waals surface area contributed by atoms with Gasteiger partial charge in [-0.05, 0) is 31.2 Å². The molecular formula is C20H24N2O2. The van der Waals surface area contributed by atoms with Gasteiger partial charge in [0.1, 0.15) is 5.76 Å². The molecule has 1 amide bonds. The van der Waals surface area contributed by atoms with Gasteiger partial charge >= 0.3 is 0 Å². The number of hydrogen-bond acceptors (Lipinski definition) is 3. The van der Waals surface area contributed by atoms with Gasteiger partial charge in [-0.15, -0.1) is 6.42 Å². The Morgan fingerprint density at radius 2 is 2.17 bits per heavy atom. The molecule has 0 saturated heterocycles. The van der Waals surface area contributed by atoms with E-state index in [0.29, 0.717) is 23.5 Å². The van der Waals surface area contributed by atoms with Crippen molar-refractivity contribution in [2.75, 3.05) is 0 Å². The molecule has 1 aliphatic rings. The van der Waals surface area contributed by atoms with Gasteiger partial charge < -0.3 is 5.11 Å². The summed E-state index contributed by atoms with van der Waals surface area (Å²) in [6.45, 7) is 1.88. The van der Waals surface area contributed by atoms with Crippen LogP contribution in [0.4, 0.5) is 0 Å². The van der Waals surface area contributed by atoms with E-state index in [1.54, 1.807) is 6.21 Å². The number of nitrogens with zero attached hydrogens (tertiary/aromatic N) is 1. The summed E-state index contributed by atoms with van der Waals surface area (Å²) in [5.41, 5.74) is 4.80. The molecular weight excluding hydrogens is 300 g/mol. The first kappa shape index (κ1) is 17.8. The largest absolute Gasteiger partial charge is 0.507 e. The standard InChI is InChI=1S/C20H24N2O2/c1-3-8-18(23)20-15(2)9-7-12-17(20)14-21-22-19(24)13-16-10-5-4-6-11-16/h1,7-9,12,14,16,23H,4-6,10-11,13H2,2H3,(H,22,24)/b18-8+,21-14-. The predicted octanol–water partition coefficient (Wildman–Crippen LogP) is 3.95. The van der Waals surface area contributed by atoms with Gasteiger partial charge in [-0.25, -0.2) is 5.43 Å². The van der Waals surface area contributed by atoms with Crippen molar-refractivity contribution in [2.45, 2.75) is 45.4 Å². The second kappa shape index (κ2) is 8.93. The van der Waals surface area contributed by atoms with Crippen molar-refractivity contribution in [3.8, 4) is 12.3 Å². The van der Waals surface area contributed by atoms with Crippen LogP contribution in [-0.4, -0.2) is 17.2 Å². The average Bonchev–Trinajstić information content (AvgIpc) is 2.56. The molecule has 1 aromatic carbocycles. The third-order valence-electron chi connectivity index (χ3n) is 4.37. The summed E-state index contributed by atoms with van der Waals surface area (Å²) in [6, 6.07) is 5.57. The van der Waals surface area contributed by atoms with Crippen molar-refractivity contribution in [1.29, 1.82) is 0 Å². The molecule has 4 heteroatoms. The number of rotatable bonds is 5. The fourth-order valence-electron chi connectivity index (χ4n) is 3.17. The molecule has 0 aromatic heterocycles. The van der Waals surface area contributed by atoms with Gasteiger partial charge in [0.2, 0.25) is 5.91 Å². The van der Waals surface area contributed by atoms with E-state index in [1.165, 1.54) is 25.3 Å². The lowest BCUT2D eigenvalue weighted by molar-refractivity contribution is -0.122. The number of carbonyl (C=O) groups excluding carboxylic acids is 1. The molecule has 0 aliphatic heterocycles. The van der Waals surface area contributed by atoms with Crippen LogP contribution in [0.1, 0.15) is 55.2 Å². The van der Waals surface area contributed by atoms with E-state index in [9.17, 15) is 9.90 Å². The molecule has 0 heterocycles. The normalized spacial score (nSPS) is 16.1. The highest BCUT2D eigenvalue weighted by Crippen LogP contribution is 2.26. The minimum absolute atomic E-state index is 0.0191. The quantitative estimate of drug-likeness (QED) is 0.373. The topological polar surface area (TPSA) is 61.7 Å². The van der Waals surface area contributed by atoms with Crippen LogP contribution in [0, 0.1) is 25.2 Å². The van der Waals surface area contributed by atoms with Crippen LogP contribution in [0.5, 0.6) is 0 Å². The summed E-state index contributed by atoms with van der Waals surface area (Å²) in [4.78, 5) is 12.0. The highest BCUT2D eigenvalue weighted by Gasteiger charge is 2.16. The minimum atomic E-state index is -0.0595. The molecule has 24 heavy (non-hydrogen) atoms. The lowest BCUT2D eigenvalue weighted by Crippen LogP contribution is -2.22. The number of hydrazone groups is 1. The van der Waals surface area contributed by atoms with Gasteiger partial charge in [0, 0.05) is 23.6 Å². The van der Waals surface area contributed by atoms with Gasteiger partial charge in [-0.1, -0.05) is 43.4 Å². The third-order valence-corrected chi connectivity index (χ3v) is 4.37. The van der Waals surface area contributed by atoms with Crippen molar-refractivity contribution < 1.29 is 9.90 Å². The minimum Gasteiger partial charge on any atom is -0.507 e. The summed E-state index contributed by atoms with van der Waals surface area (Å²) in [5.74, 6) is 2.75. The molecule has 126 valence electrons. The number of hydrogen-bond donors (Lipinski definition) is 2. The highest BCUT2D eigenvalue weighted by molar-refractivity contribution is 5.89. The van der Waals surface area contributed by atoms with Crippen molar-refractivity contribution in [1.82, 2.24) is 5.43 Å². The zero-order valence-corrected chi connectivity index (χ0v) is 14.1. The Kier molecular flexibility index (Phi) is 6.62. The first-order chi connectivity index (χ1) is 11.6. The molecule has 0 bridgehead atoms. The molecule has 1 saturated carbocycles. The Labute approximate surface area is 143 Å². The van der Waals surface area contributed by atoms with E-state index in [-0.39, 0.29) is 11.7 Å². The van der Waals surface area contributed by atoms with Crippen LogP contribution < -0.4 is 5.43 Å². The number of allylic oxidation sites excluding steroid dienone is 1.